The molecule has 22 heavy (non-hydrogen) atoms. The van der Waals surface area contributed by atoms with Crippen LogP contribution in [0, 0.1) is 5.82 Å². The normalized spacial score (nSPS) is 16.4. The standard InChI is InChI=1S/C17H22FNO3/c1-3-21-9-8-19-11-16(12-19)22-17(20)13(2)10-14-4-6-15(18)7-5-14/h4-7,10,16H,3,8-9,11-12H2,1-2H3. The van der Waals surface area contributed by atoms with Gasteiger partial charge in [0.25, 0.3) is 0 Å². The number of esters is 1. The maximum atomic E-state index is 12.8. The van der Waals surface area contributed by atoms with Gasteiger partial charge in [0.15, 0.2) is 0 Å². The lowest BCUT2D eigenvalue weighted by atomic mass is 10.1. The van der Waals surface area contributed by atoms with Gasteiger partial charge in [-0.2, -0.15) is 0 Å². The van der Waals surface area contributed by atoms with Gasteiger partial charge < -0.3 is 9.47 Å². The first-order valence-electron chi connectivity index (χ1n) is 7.53. The zero-order chi connectivity index (χ0) is 15.9. The number of rotatable bonds is 7. The highest BCUT2D eigenvalue weighted by molar-refractivity contribution is 5.93. The van der Waals surface area contributed by atoms with Crippen molar-refractivity contribution in [1.82, 2.24) is 4.90 Å². The smallest absolute Gasteiger partial charge is 0.334 e. The van der Waals surface area contributed by atoms with Crippen molar-refractivity contribution in [3.63, 3.8) is 0 Å². The number of nitrogens with zero attached hydrogens (tertiary/aromatic N) is 1. The van der Waals surface area contributed by atoms with Crippen molar-refractivity contribution in [3.05, 3.63) is 41.2 Å². The molecular formula is C17H22FNO3. The highest BCUT2D eigenvalue weighted by atomic mass is 19.1. The van der Waals surface area contributed by atoms with E-state index in [1.807, 2.05) is 6.92 Å². The van der Waals surface area contributed by atoms with E-state index in [9.17, 15) is 9.18 Å². The third-order valence-electron chi connectivity index (χ3n) is 3.53. The molecule has 1 heterocycles. The molecule has 0 atom stereocenters. The molecule has 0 aromatic heterocycles. The monoisotopic (exact) mass is 307 g/mol. The molecule has 1 saturated heterocycles. The second kappa shape index (κ2) is 8.06. The third kappa shape index (κ3) is 4.93. The summed E-state index contributed by atoms with van der Waals surface area (Å²) < 4.78 is 23.5. The summed E-state index contributed by atoms with van der Waals surface area (Å²) in [7, 11) is 0. The van der Waals surface area contributed by atoms with Crippen molar-refractivity contribution < 1.29 is 18.7 Å². The van der Waals surface area contributed by atoms with Crippen LogP contribution in [-0.2, 0) is 14.3 Å². The summed E-state index contributed by atoms with van der Waals surface area (Å²) in [5.41, 5.74) is 1.29. The van der Waals surface area contributed by atoms with E-state index < -0.39 is 0 Å². The summed E-state index contributed by atoms with van der Waals surface area (Å²) >= 11 is 0. The van der Waals surface area contributed by atoms with E-state index in [1.54, 1.807) is 25.1 Å². The Balaban J connectivity index is 1.75. The molecule has 0 N–H and O–H groups in total. The average Bonchev–Trinajstić information content (AvgIpc) is 2.46. The Morgan fingerprint density at radius 3 is 2.68 bits per heavy atom. The number of halogens is 1. The van der Waals surface area contributed by atoms with Crippen molar-refractivity contribution in [2.24, 2.45) is 0 Å². The molecule has 120 valence electrons. The van der Waals surface area contributed by atoms with Crippen LogP contribution < -0.4 is 0 Å². The molecule has 1 aliphatic heterocycles. The SMILES string of the molecule is CCOCCN1CC(OC(=O)C(C)=Cc2ccc(F)cc2)C1. The predicted octanol–water partition coefficient (Wildman–Crippen LogP) is 2.49. The highest BCUT2D eigenvalue weighted by Gasteiger charge is 2.29. The van der Waals surface area contributed by atoms with Gasteiger partial charge in [-0.1, -0.05) is 12.1 Å². The van der Waals surface area contributed by atoms with E-state index in [1.165, 1.54) is 12.1 Å². The first-order chi connectivity index (χ1) is 10.6. The molecule has 0 bridgehead atoms. The number of carbonyl (C=O) groups excluding carboxylic acids is 1. The Bertz CT molecular complexity index is 521. The highest BCUT2D eigenvalue weighted by Crippen LogP contribution is 2.15. The van der Waals surface area contributed by atoms with E-state index in [-0.39, 0.29) is 17.9 Å². The van der Waals surface area contributed by atoms with Crippen molar-refractivity contribution in [2.45, 2.75) is 20.0 Å². The second-order valence-corrected chi connectivity index (χ2v) is 5.36. The van der Waals surface area contributed by atoms with Gasteiger partial charge in [-0.3, -0.25) is 4.90 Å². The second-order valence-electron chi connectivity index (χ2n) is 5.36. The van der Waals surface area contributed by atoms with Crippen LogP contribution in [0.3, 0.4) is 0 Å². The number of hydrogen-bond acceptors (Lipinski definition) is 4. The fourth-order valence-electron chi connectivity index (χ4n) is 2.23. The molecule has 1 fully saturated rings. The molecule has 0 saturated carbocycles. The van der Waals surface area contributed by atoms with E-state index in [2.05, 4.69) is 4.90 Å². The molecule has 5 heteroatoms. The average molecular weight is 307 g/mol. The van der Waals surface area contributed by atoms with Crippen LogP contribution in [-0.4, -0.2) is 49.8 Å². The quantitative estimate of drug-likeness (QED) is 0.441. The van der Waals surface area contributed by atoms with E-state index in [0.29, 0.717) is 12.2 Å². The van der Waals surface area contributed by atoms with Crippen LogP contribution in [0.2, 0.25) is 0 Å². The minimum atomic E-state index is -0.321. The van der Waals surface area contributed by atoms with Gasteiger partial charge in [-0.15, -0.1) is 0 Å². The fraction of sp³-hybridized carbons (Fsp3) is 0.471. The van der Waals surface area contributed by atoms with Gasteiger partial charge in [-0.25, -0.2) is 9.18 Å². The van der Waals surface area contributed by atoms with Crippen LogP contribution >= 0.6 is 0 Å². The lowest BCUT2D eigenvalue weighted by Crippen LogP contribution is -2.53. The van der Waals surface area contributed by atoms with Gasteiger partial charge in [-0.05, 0) is 37.6 Å². The number of ether oxygens (including phenoxy) is 2. The molecule has 0 radical (unpaired) electrons. The zero-order valence-corrected chi connectivity index (χ0v) is 13.0. The van der Waals surface area contributed by atoms with Crippen molar-refractivity contribution in [1.29, 1.82) is 0 Å². The first-order valence-corrected chi connectivity index (χ1v) is 7.53. The van der Waals surface area contributed by atoms with Crippen molar-refractivity contribution >= 4 is 12.0 Å². The minimum Gasteiger partial charge on any atom is -0.456 e. The van der Waals surface area contributed by atoms with E-state index in [4.69, 9.17) is 9.47 Å². The minimum absolute atomic E-state index is 0.0503. The number of carbonyl (C=O) groups is 1. The topological polar surface area (TPSA) is 38.8 Å². The molecule has 2 rings (SSSR count). The Hall–Kier alpha value is -1.72. The summed E-state index contributed by atoms with van der Waals surface area (Å²) in [6.45, 7) is 7.48. The molecular weight excluding hydrogens is 285 g/mol. The zero-order valence-electron chi connectivity index (χ0n) is 13.0. The maximum absolute atomic E-state index is 12.8. The largest absolute Gasteiger partial charge is 0.456 e. The summed E-state index contributed by atoms with van der Waals surface area (Å²) in [5.74, 6) is -0.613. The van der Waals surface area contributed by atoms with Crippen LogP contribution in [0.25, 0.3) is 6.08 Å². The van der Waals surface area contributed by atoms with Crippen LogP contribution in [0.5, 0.6) is 0 Å². The predicted molar refractivity (Wildman–Crippen MR) is 82.9 cm³/mol. The molecule has 0 aliphatic carbocycles. The van der Waals surface area contributed by atoms with Crippen LogP contribution in [0.1, 0.15) is 19.4 Å². The Morgan fingerprint density at radius 2 is 2.05 bits per heavy atom. The number of likely N-dealkylation sites (tertiary alicyclic amines) is 1. The lowest BCUT2D eigenvalue weighted by Gasteiger charge is -2.38. The van der Waals surface area contributed by atoms with Gasteiger partial charge in [0.1, 0.15) is 11.9 Å². The van der Waals surface area contributed by atoms with Gasteiger partial charge in [0.2, 0.25) is 0 Å². The fourth-order valence-corrected chi connectivity index (χ4v) is 2.23. The van der Waals surface area contributed by atoms with Crippen molar-refractivity contribution in [2.75, 3.05) is 32.8 Å². The summed E-state index contributed by atoms with van der Waals surface area (Å²) in [5, 5.41) is 0. The lowest BCUT2D eigenvalue weighted by molar-refractivity contribution is -0.152. The summed E-state index contributed by atoms with van der Waals surface area (Å²) in [4.78, 5) is 14.2. The molecule has 0 amide bonds. The van der Waals surface area contributed by atoms with E-state index >= 15 is 0 Å². The maximum Gasteiger partial charge on any atom is 0.334 e. The molecule has 1 aliphatic rings. The first kappa shape index (κ1) is 16.6. The van der Waals surface area contributed by atoms with Crippen LogP contribution in [0.4, 0.5) is 4.39 Å². The summed E-state index contributed by atoms with van der Waals surface area (Å²) in [6.07, 6.45) is 1.65. The van der Waals surface area contributed by atoms with Crippen LogP contribution in [0.15, 0.2) is 29.8 Å². The molecule has 4 nitrogen and oxygen atoms in total. The van der Waals surface area contributed by atoms with E-state index in [0.717, 1.165) is 31.8 Å². The van der Waals surface area contributed by atoms with Gasteiger partial charge in [0.05, 0.1) is 6.61 Å². The molecule has 1 aromatic carbocycles. The Kier molecular flexibility index (Phi) is 6.10. The van der Waals surface area contributed by atoms with Crippen molar-refractivity contribution in [3.8, 4) is 0 Å². The third-order valence-corrected chi connectivity index (χ3v) is 3.53. The Morgan fingerprint density at radius 1 is 1.36 bits per heavy atom. The Labute approximate surface area is 130 Å². The van der Waals surface area contributed by atoms with Gasteiger partial charge >= 0.3 is 5.97 Å². The summed E-state index contributed by atoms with van der Waals surface area (Å²) in [6, 6.07) is 6.00. The molecule has 0 unspecified atom stereocenters. The van der Waals surface area contributed by atoms with Gasteiger partial charge in [0, 0.05) is 31.8 Å². The molecule has 1 aromatic rings. The molecule has 0 spiro atoms. The number of hydrogen-bond donors (Lipinski definition) is 0. The number of benzene rings is 1.